The Balaban J connectivity index is 1.23. The molecule has 8 heteroatoms. The minimum absolute atomic E-state index is 0.0492. The third-order valence-electron chi connectivity index (χ3n) is 6.74. The zero-order valence-corrected chi connectivity index (χ0v) is 21.8. The number of anilines is 1. The van der Waals surface area contributed by atoms with Crippen LogP contribution in [0.5, 0.6) is 17.2 Å². The Labute approximate surface area is 222 Å². The Morgan fingerprint density at radius 3 is 1.87 bits per heavy atom. The molecule has 8 nitrogen and oxygen atoms in total. The number of ether oxygens (including phenoxy) is 3. The molecule has 0 spiro atoms. The second kappa shape index (κ2) is 11.2. The molecule has 38 heavy (non-hydrogen) atoms. The highest BCUT2D eigenvalue weighted by molar-refractivity contribution is 5.95. The monoisotopic (exact) mass is 510 g/mol. The quantitative estimate of drug-likeness (QED) is 0.354. The standard InChI is InChI=1S/C30H30N4O4/c1-36-26-19-24(20-27(37-2)29(26)38-3)25-13-14-28(32-31-25)33-15-17-34(18-16-33)30(35)23-11-9-22(10-12-23)21-7-5-4-6-8-21/h4-14,19-20H,15-18H2,1-3H3. The maximum Gasteiger partial charge on any atom is 0.253 e. The minimum atomic E-state index is 0.0492. The molecule has 1 amide bonds. The van der Waals surface area contributed by atoms with Gasteiger partial charge in [-0.05, 0) is 47.5 Å². The lowest BCUT2D eigenvalue weighted by Crippen LogP contribution is -2.49. The normalized spacial score (nSPS) is 13.2. The molecule has 0 bridgehead atoms. The van der Waals surface area contributed by atoms with Gasteiger partial charge in [0, 0.05) is 37.3 Å². The minimum Gasteiger partial charge on any atom is -0.493 e. The number of aromatic nitrogens is 2. The summed E-state index contributed by atoms with van der Waals surface area (Å²) in [6, 6.07) is 25.5. The van der Waals surface area contributed by atoms with Gasteiger partial charge < -0.3 is 24.0 Å². The molecule has 1 fully saturated rings. The Morgan fingerprint density at radius 2 is 1.32 bits per heavy atom. The van der Waals surface area contributed by atoms with Crippen LogP contribution in [-0.4, -0.2) is 68.5 Å². The lowest BCUT2D eigenvalue weighted by Gasteiger charge is -2.35. The molecule has 1 aliphatic rings. The average molecular weight is 511 g/mol. The van der Waals surface area contributed by atoms with Crippen LogP contribution in [0.25, 0.3) is 22.4 Å². The summed E-state index contributed by atoms with van der Waals surface area (Å²) in [5.41, 5.74) is 4.44. The number of hydrogen-bond donors (Lipinski definition) is 0. The van der Waals surface area contributed by atoms with E-state index in [1.165, 1.54) is 0 Å². The van der Waals surface area contributed by atoms with Gasteiger partial charge in [-0.1, -0.05) is 42.5 Å². The second-order valence-corrected chi connectivity index (χ2v) is 8.91. The van der Waals surface area contributed by atoms with E-state index in [9.17, 15) is 4.79 Å². The van der Waals surface area contributed by atoms with E-state index in [0.717, 1.165) is 22.5 Å². The topological polar surface area (TPSA) is 77.0 Å². The first-order chi connectivity index (χ1) is 18.6. The van der Waals surface area contributed by atoms with E-state index < -0.39 is 0 Å². The van der Waals surface area contributed by atoms with Crippen LogP contribution in [0.2, 0.25) is 0 Å². The second-order valence-electron chi connectivity index (χ2n) is 8.91. The van der Waals surface area contributed by atoms with Gasteiger partial charge in [-0.15, -0.1) is 10.2 Å². The van der Waals surface area contributed by atoms with Crippen molar-refractivity contribution in [3.8, 4) is 39.6 Å². The van der Waals surface area contributed by atoms with Crippen molar-refractivity contribution < 1.29 is 19.0 Å². The van der Waals surface area contributed by atoms with Gasteiger partial charge in [0.2, 0.25) is 5.75 Å². The van der Waals surface area contributed by atoms with Crippen molar-refractivity contribution in [3.63, 3.8) is 0 Å². The summed E-state index contributed by atoms with van der Waals surface area (Å²) in [6.45, 7) is 2.61. The fourth-order valence-electron chi connectivity index (χ4n) is 4.63. The molecule has 0 atom stereocenters. The highest BCUT2D eigenvalue weighted by atomic mass is 16.5. The van der Waals surface area contributed by atoms with Crippen LogP contribution in [-0.2, 0) is 0 Å². The third-order valence-corrected chi connectivity index (χ3v) is 6.74. The van der Waals surface area contributed by atoms with Crippen LogP contribution < -0.4 is 19.1 Å². The van der Waals surface area contributed by atoms with Gasteiger partial charge >= 0.3 is 0 Å². The number of hydrogen-bond acceptors (Lipinski definition) is 7. The molecule has 4 aromatic rings. The molecule has 1 aromatic heterocycles. The molecule has 5 rings (SSSR count). The molecular formula is C30H30N4O4. The molecule has 194 valence electrons. The van der Waals surface area contributed by atoms with Crippen LogP contribution in [0.15, 0.2) is 78.9 Å². The van der Waals surface area contributed by atoms with Crippen LogP contribution in [0.3, 0.4) is 0 Å². The van der Waals surface area contributed by atoms with Crippen LogP contribution >= 0.6 is 0 Å². The number of carbonyl (C=O) groups excluding carboxylic acids is 1. The summed E-state index contributed by atoms with van der Waals surface area (Å²) in [6.07, 6.45) is 0. The van der Waals surface area contributed by atoms with Crippen LogP contribution in [0.4, 0.5) is 5.82 Å². The van der Waals surface area contributed by atoms with Gasteiger partial charge in [0.15, 0.2) is 17.3 Å². The van der Waals surface area contributed by atoms with E-state index >= 15 is 0 Å². The molecule has 0 unspecified atom stereocenters. The number of carbonyl (C=O) groups is 1. The van der Waals surface area contributed by atoms with E-state index in [2.05, 4.69) is 27.2 Å². The molecule has 0 radical (unpaired) electrons. The summed E-state index contributed by atoms with van der Waals surface area (Å²) in [5.74, 6) is 2.47. The predicted octanol–water partition coefficient (Wildman–Crippen LogP) is 4.80. The van der Waals surface area contributed by atoms with E-state index in [-0.39, 0.29) is 5.91 Å². The Bertz CT molecular complexity index is 1360. The highest BCUT2D eigenvalue weighted by Crippen LogP contribution is 2.40. The zero-order valence-electron chi connectivity index (χ0n) is 21.8. The Morgan fingerprint density at radius 1 is 0.684 bits per heavy atom. The third kappa shape index (κ3) is 5.11. The number of nitrogens with zero attached hydrogens (tertiary/aromatic N) is 4. The van der Waals surface area contributed by atoms with Gasteiger partial charge in [0.1, 0.15) is 0 Å². The molecular weight excluding hydrogens is 480 g/mol. The maximum atomic E-state index is 13.1. The van der Waals surface area contributed by atoms with Crippen molar-refractivity contribution in [1.82, 2.24) is 15.1 Å². The van der Waals surface area contributed by atoms with Crippen molar-refractivity contribution in [3.05, 3.63) is 84.4 Å². The first kappa shape index (κ1) is 25.1. The molecule has 0 saturated carbocycles. The van der Waals surface area contributed by atoms with Gasteiger partial charge in [-0.3, -0.25) is 4.79 Å². The number of methoxy groups -OCH3 is 3. The number of piperazine rings is 1. The molecule has 1 aliphatic heterocycles. The first-order valence-electron chi connectivity index (χ1n) is 12.4. The predicted molar refractivity (Wildman–Crippen MR) is 147 cm³/mol. The SMILES string of the molecule is COc1cc(-c2ccc(N3CCN(C(=O)c4ccc(-c5ccccc5)cc4)CC3)nn2)cc(OC)c1OC. The first-order valence-corrected chi connectivity index (χ1v) is 12.4. The lowest BCUT2D eigenvalue weighted by molar-refractivity contribution is 0.0746. The lowest BCUT2D eigenvalue weighted by atomic mass is 10.0. The van der Waals surface area contributed by atoms with Gasteiger partial charge in [0.05, 0.1) is 27.0 Å². The van der Waals surface area contributed by atoms with Crippen LogP contribution in [0.1, 0.15) is 10.4 Å². The van der Waals surface area contributed by atoms with E-state index in [1.807, 2.05) is 71.6 Å². The maximum absolute atomic E-state index is 13.1. The van der Waals surface area contributed by atoms with Crippen molar-refractivity contribution in [2.24, 2.45) is 0 Å². The summed E-state index contributed by atoms with van der Waals surface area (Å²) >= 11 is 0. The molecule has 1 saturated heterocycles. The Kier molecular flexibility index (Phi) is 7.40. The number of benzene rings is 3. The zero-order chi connectivity index (χ0) is 26.5. The molecule has 0 aliphatic carbocycles. The molecule has 3 aromatic carbocycles. The summed E-state index contributed by atoms with van der Waals surface area (Å²) < 4.78 is 16.3. The van der Waals surface area contributed by atoms with E-state index in [1.54, 1.807) is 21.3 Å². The molecule has 2 heterocycles. The summed E-state index contributed by atoms with van der Waals surface area (Å²) in [5, 5.41) is 8.90. The van der Waals surface area contributed by atoms with Crippen molar-refractivity contribution in [1.29, 1.82) is 0 Å². The van der Waals surface area contributed by atoms with Gasteiger partial charge in [-0.25, -0.2) is 0 Å². The van der Waals surface area contributed by atoms with Crippen LogP contribution in [0, 0.1) is 0 Å². The fourth-order valence-corrected chi connectivity index (χ4v) is 4.63. The van der Waals surface area contributed by atoms with Crippen molar-refractivity contribution >= 4 is 11.7 Å². The average Bonchev–Trinajstić information content (AvgIpc) is 3.00. The highest BCUT2D eigenvalue weighted by Gasteiger charge is 2.23. The van der Waals surface area contributed by atoms with Gasteiger partial charge in [-0.2, -0.15) is 0 Å². The van der Waals surface area contributed by atoms with Crippen molar-refractivity contribution in [2.75, 3.05) is 52.4 Å². The van der Waals surface area contributed by atoms with E-state index in [0.29, 0.717) is 54.7 Å². The summed E-state index contributed by atoms with van der Waals surface area (Å²) in [4.78, 5) is 17.1. The Hall–Kier alpha value is -4.59. The summed E-state index contributed by atoms with van der Waals surface area (Å²) in [7, 11) is 4.74. The fraction of sp³-hybridized carbons (Fsp3) is 0.233. The van der Waals surface area contributed by atoms with E-state index in [4.69, 9.17) is 14.2 Å². The largest absolute Gasteiger partial charge is 0.493 e. The number of rotatable bonds is 7. The van der Waals surface area contributed by atoms with Gasteiger partial charge in [0.25, 0.3) is 5.91 Å². The van der Waals surface area contributed by atoms with Crippen molar-refractivity contribution in [2.45, 2.75) is 0 Å². The molecule has 0 N–H and O–H groups in total. The number of amides is 1. The smallest absolute Gasteiger partial charge is 0.253 e.